The number of rotatable bonds is 2. The monoisotopic (exact) mass is 242 g/mol. The number of benzene rings is 1. The second kappa shape index (κ2) is 4.02. The largest absolute Gasteiger partial charge is 0.496 e. The molecule has 1 aromatic carbocycles. The van der Waals surface area contributed by atoms with Crippen LogP contribution in [0.5, 0.6) is 5.75 Å². The number of aromatic nitrogens is 1. The average Bonchev–Trinajstić information content (AvgIpc) is 2.68. The van der Waals surface area contributed by atoms with Gasteiger partial charge in [0.05, 0.1) is 29.5 Å². The first-order valence-corrected chi connectivity index (χ1v) is 4.75. The maximum atomic E-state index is 13.9. The third-order valence-electron chi connectivity index (χ3n) is 2.14. The summed E-state index contributed by atoms with van der Waals surface area (Å²) in [4.78, 5) is 0. The zero-order valence-corrected chi connectivity index (χ0v) is 9.08. The summed E-state index contributed by atoms with van der Waals surface area (Å²) in [7, 11) is 1.43. The van der Waals surface area contributed by atoms with E-state index in [4.69, 9.17) is 22.1 Å². The smallest absolute Gasteiger partial charge is 0.230 e. The van der Waals surface area contributed by atoms with Gasteiger partial charge in [-0.1, -0.05) is 16.8 Å². The van der Waals surface area contributed by atoms with Crippen molar-refractivity contribution in [3.05, 3.63) is 29.2 Å². The highest BCUT2D eigenvalue weighted by atomic mass is 35.5. The van der Waals surface area contributed by atoms with Crippen molar-refractivity contribution in [1.29, 1.82) is 0 Å². The number of halogens is 2. The van der Waals surface area contributed by atoms with Gasteiger partial charge >= 0.3 is 0 Å². The minimum Gasteiger partial charge on any atom is -0.496 e. The molecular weight excluding hydrogens is 235 g/mol. The zero-order valence-electron chi connectivity index (χ0n) is 8.33. The highest BCUT2D eigenvalue weighted by molar-refractivity contribution is 6.31. The van der Waals surface area contributed by atoms with Gasteiger partial charge in [0.15, 0.2) is 5.82 Å². The fourth-order valence-electron chi connectivity index (χ4n) is 1.39. The summed E-state index contributed by atoms with van der Waals surface area (Å²) in [5, 5.41) is 3.46. The van der Waals surface area contributed by atoms with Gasteiger partial charge in [0.25, 0.3) is 0 Å². The number of nitrogens with zero attached hydrogens (tertiary/aromatic N) is 1. The van der Waals surface area contributed by atoms with E-state index in [0.717, 1.165) is 0 Å². The van der Waals surface area contributed by atoms with Crippen molar-refractivity contribution in [3.63, 3.8) is 0 Å². The molecule has 16 heavy (non-hydrogen) atoms. The van der Waals surface area contributed by atoms with E-state index in [2.05, 4.69) is 9.68 Å². The summed E-state index contributed by atoms with van der Waals surface area (Å²) in [5.41, 5.74) is 5.98. The number of nitrogen functional groups attached to an aromatic ring is 1. The lowest BCUT2D eigenvalue weighted by molar-refractivity contribution is 0.413. The average molecular weight is 243 g/mol. The maximum Gasteiger partial charge on any atom is 0.230 e. The Balaban J connectivity index is 2.72. The summed E-state index contributed by atoms with van der Waals surface area (Å²) >= 11 is 5.69. The van der Waals surface area contributed by atoms with Crippen molar-refractivity contribution in [2.75, 3.05) is 12.8 Å². The number of hydrogen-bond donors (Lipinski definition) is 1. The van der Waals surface area contributed by atoms with Crippen molar-refractivity contribution in [2.24, 2.45) is 0 Å². The molecule has 2 aromatic rings. The Bertz CT molecular complexity index is 528. The lowest BCUT2D eigenvalue weighted by Gasteiger charge is -2.08. The molecule has 0 aliphatic rings. The van der Waals surface area contributed by atoms with Crippen LogP contribution in [0.25, 0.3) is 11.1 Å². The van der Waals surface area contributed by atoms with Crippen LogP contribution in [0.4, 0.5) is 10.3 Å². The Hall–Kier alpha value is -1.75. The van der Waals surface area contributed by atoms with Gasteiger partial charge in [-0.15, -0.1) is 0 Å². The van der Waals surface area contributed by atoms with Crippen molar-refractivity contribution in [2.45, 2.75) is 0 Å². The molecule has 0 fully saturated rings. The summed E-state index contributed by atoms with van der Waals surface area (Å²) in [6.45, 7) is 0. The topological polar surface area (TPSA) is 61.3 Å². The third-order valence-corrected chi connectivity index (χ3v) is 2.44. The van der Waals surface area contributed by atoms with Crippen LogP contribution in [0.3, 0.4) is 0 Å². The van der Waals surface area contributed by atoms with E-state index in [1.165, 1.54) is 19.4 Å². The van der Waals surface area contributed by atoms with E-state index >= 15 is 0 Å². The van der Waals surface area contributed by atoms with Gasteiger partial charge in [-0.05, 0) is 12.1 Å². The maximum absolute atomic E-state index is 13.9. The predicted octanol–water partition coefficient (Wildman–Crippen LogP) is 2.72. The van der Waals surface area contributed by atoms with E-state index in [1.807, 2.05) is 0 Å². The van der Waals surface area contributed by atoms with Crippen LogP contribution in [-0.4, -0.2) is 12.3 Å². The second-order valence-corrected chi connectivity index (χ2v) is 3.45. The highest BCUT2D eigenvalue weighted by Gasteiger charge is 2.19. The molecule has 0 saturated carbocycles. The van der Waals surface area contributed by atoms with Crippen molar-refractivity contribution in [3.8, 4) is 16.9 Å². The molecule has 1 heterocycles. The molecule has 0 spiro atoms. The van der Waals surface area contributed by atoms with Crippen LogP contribution in [0.1, 0.15) is 0 Å². The van der Waals surface area contributed by atoms with E-state index in [9.17, 15) is 4.39 Å². The Labute approximate surface area is 95.7 Å². The molecule has 6 heteroatoms. The normalized spacial score (nSPS) is 10.4. The fourth-order valence-corrected chi connectivity index (χ4v) is 1.55. The minimum absolute atomic E-state index is 0.0134. The molecule has 0 saturated heterocycles. The van der Waals surface area contributed by atoms with Crippen LogP contribution in [-0.2, 0) is 0 Å². The van der Waals surface area contributed by atoms with Crippen LogP contribution in [0.2, 0.25) is 5.02 Å². The van der Waals surface area contributed by atoms with E-state index in [1.54, 1.807) is 6.07 Å². The molecule has 0 amide bonds. The molecule has 0 radical (unpaired) electrons. The Kier molecular flexibility index (Phi) is 2.70. The standard InChI is InChI=1S/C10H8ClFN2O2/c1-15-7-3-2-6(11)9(12)8(7)5-4-14-16-10(5)13/h2-4H,13H2,1H3. The number of hydrogen-bond acceptors (Lipinski definition) is 4. The Morgan fingerprint density at radius 2 is 2.25 bits per heavy atom. The van der Waals surface area contributed by atoms with Gasteiger partial charge < -0.3 is 15.0 Å². The van der Waals surface area contributed by atoms with E-state index in [-0.39, 0.29) is 16.5 Å². The zero-order chi connectivity index (χ0) is 11.7. The van der Waals surface area contributed by atoms with Crippen LogP contribution in [0.15, 0.2) is 22.9 Å². The molecule has 1 aromatic heterocycles. The van der Waals surface area contributed by atoms with Gasteiger partial charge in [0, 0.05) is 0 Å². The minimum atomic E-state index is -0.615. The lowest BCUT2D eigenvalue weighted by Crippen LogP contribution is -1.94. The number of nitrogens with two attached hydrogens (primary N) is 1. The van der Waals surface area contributed by atoms with E-state index < -0.39 is 5.82 Å². The molecule has 0 unspecified atom stereocenters. The van der Waals surface area contributed by atoms with Crippen molar-refractivity contribution in [1.82, 2.24) is 5.16 Å². The summed E-state index contributed by atoms with van der Waals surface area (Å²) < 4.78 is 23.6. The first-order chi connectivity index (χ1) is 7.65. The lowest BCUT2D eigenvalue weighted by atomic mass is 10.1. The van der Waals surface area contributed by atoms with E-state index in [0.29, 0.717) is 11.3 Å². The molecule has 84 valence electrons. The number of anilines is 1. The molecular formula is C10H8ClFN2O2. The molecule has 0 aliphatic carbocycles. The van der Waals surface area contributed by atoms with Crippen LogP contribution < -0.4 is 10.5 Å². The molecule has 0 bridgehead atoms. The summed E-state index contributed by atoms with van der Waals surface area (Å²) in [5.74, 6) is -0.285. The van der Waals surface area contributed by atoms with Crippen molar-refractivity contribution < 1.29 is 13.7 Å². The highest BCUT2D eigenvalue weighted by Crippen LogP contribution is 2.38. The fraction of sp³-hybridized carbons (Fsp3) is 0.100. The van der Waals surface area contributed by atoms with Crippen LogP contribution in [0, 0.1) is 5.82 Å². The summed E-state index contributed by atoms with van der Waals surface area (Å²) in [6.07, 6.45) is 1.31. The van der Waals surface area contributed by atoms with Gasteiger partial charge in [-0.2, -0.15) is 0 Å². The van der Waals surface area contributed by atoms with Gasteiger partial charge in [-0.25, -0.2) is 4.39 Å². The Morgan fingerprint density at radius 3 is 2.81 bits per heavy atom. The first kappa shape index (κ1) is 10.8. The molecule has 0 atom stereocenters. The van der Waals surface area contributed by atoms with Gasteiger partial charge in [0.1, 0.15) is 5.75 Å². The summed E-state index contributed by atoms with van der Waals surface area (Å²) in [6, 6.07) is 2.95. The quantitative estimate of drug-likeness (QED) is 0.880. The SMILES string of the molecule is COc1ccc(Cl)c(F)c1-c1cnoc1N. The van der Waals surface area contributed by atoms with Gasteiger partial charge in [0.2, 0.25) is 5.88 Å². The predicted molar refractivity (Wildman–Crippen MR) is 57.9 cm³/mol. The number of methoxy groups -OCH3 is 1. The van der Waals surface area contributed by atoms with Crippen LogP contribution >= 0.6 is 11.6 Å². The second-order valence-electron chi connectivity index (χ2n) is 3.04. The first-order valence-electron chi connectivity index (χ1n) is 4.37. The third kappa shape index (κ3) is 1.59. The number of ether oxygens (including phenoxy) is 1. The molecule has 0 aliphatic heterocycles. The van der Waals surface area contributed by atoms with Crippen molar-refractivity contribution >= 4 is 17.5 Å². The Morgan fingerprint density at radius 1 is 1.50 bits per heavy atom. The van der Waals surface area contributed by atoms with Gasteiger partial charge in [-0.3, -0.25) is 0 Å². The molecule has 4 nitrogen and oxygen atoms in total. The molecule has 2 N–H and O–H groups in total. The molecule has 2 rings (SSSR count).